The van der Waals surface area contributed by atoms with Gasteiger partial charge in [0.1, 0.15) is 22.9 Å². The highest BCUT2D eigenvalue weighted by atomic mass is 19.1. The molecule has 1 fully saturated rings. The lowest BCUT2D eigenvalue weighted by Crippen LogP contribution is -2.53. The van der Waals surface area contributed by atoms with E-state index in [2.05, 4.69) is 40.5 Å². The van der Waals surface area contributed by atoms with Crippen LogP contribution in [0.4, 0.5) is 10.1 Å². The molecule has 3 aromatic heterocycles. The molecule has 0 saturated carbocycles. The molecule has 0 unspecified atom stereocenters. The van der Waals surface area contributed by atoms with Crippen LogP contribution in [-0.4, -0.2) is 67.9 Å². The number of anilines is 1. The van der Waals surface area contributed by atoms with Crippen LogP contribution in [0.1, 0.15) is 26.5 Å². The number of aromatic nitrogens is 4. The highest BCUT2D eigenvalue weighted by Gasteiger charge is 2.28. The number of methoxy groups -OCH3 is 1. The summed E-state index contributed by atoms with van der Waals surface area (Å²) in [4.78, 5) is 26.2. The van der Waals surface area contributed by atoms with Crippen molar-refractivity contribution in [3.63, 3.8) is 0 Å². The van der Waals surface area contributed by atoms with Crippen molar-refractivity contribution in [3.05, 3.63) is 70.9 Å². The largest absolute Gasteiger partial charge is 0.505 e. The first kappa shape index (κ1) is 27.4. The van der Waals surface area contributed by atoms with Crippen LogP contribution in [0.25, 0.3) is 28.1 Å². The number of aromatic hydroxyl groups is 1. The van der Waals surface area contributed by atoms with Crippen LogP contribution < -0.4 is 15.3 Å². The number of hydrogen-bond acceptors (Lipinski definition) is 7. The van der Waals surface area contributed by atoms with E-state index in [4.69, 9.17) is 4.74 Å². The number of halogens is 1. The highest BCUT2D eigenvalue weighted by Crippen LogP contribution is 2.40. The Labute approximate surface area is 233 Å². The lowest BCUT2D eigenvalue weighted by Gasteiger charge is -2.43. The number of aryl methyl sites for hydroxylation is 2. The Balaban J connectivity index is 1.51. The predicted molar refractivity (Wildman–Crippen MR) is 154 cm³/mol. The number of benzene rings is 1. The summed E-state index contributed by atoms with van der Waals surface area (Å²) in [6.07, 6.45) is 4.72. The van der Waals surface area contributed by atoms with Crippen LogP contribution in [0.3, 0.4) is 0 Å². The third-order valence-electron chi connectivity index (χ3n) is 7.45. The Bertz CT molecular complexity index is 1610. The van der Waals surface area contributed by atoms with Crippen molar-refractivity contribution < 1.29 is 14.2 Å². The number of piperazine rings is 1. The molecular weight excluding hydrogens is 511 g/mol. The van der Waals surface area contributed by atoms with E-state index in [0.717, 1.165) is 31.9 Å². The van der Waals surface area contributed by atoms with Gasteiger partial charge in [0.2, 0.25) is 5.88 Å². The van der Waals surface area contributed by atoms with Crippen LogP contribution in [0.15, 0.2) is 53.7 Å². The molecular formula is C30H35FN6O3. The van der Waals surface area contributed by atoms with Crippen molar-refractivity contribution in [2.45, 2.75) is 33.2 Å². The average Bonchev–Trinajstić information content (AvgIpc) is 3.26. The van der Waals surface area contributed by atoms with Gasteiger partial charge >= 0.3 is 5.69 Å². The first-order chi connectivity index (χ1) is 19.0. The number of imidazole rings is 1. The molecule has 0 aliphatic carbocycles. The second-order valence-corrected chi connectivity index (χ2v) is 11.1. The van der Waals surface area contributed by atoms with Crippen LogP contribution >= 0.6 is 0 Å². The van der Waals surface area contributed by atoms with Gasteiger partial charge in [-0.3, -0.25) is 9.47 Å². The van der Waals surface area contributed by atoms with Crippen molar-refractivity contribution in [2.75, 3.05) is 38.2 Å². The SMILES string of the molecule is COc1ncc(-c2nc(C)cc(-c3ccc(-n4ccn(C)c4=O)c(F)c3)c2O)cc1N1CCN(C(C)(C)C)CC1. The molecule has 5 rings (SSSR count). The maximum absolute atomic E-state index is 15.2. The Morgan fingerprint density at radius 2 is 1.73 bits per heavy atom. The number of rotatable bonds is 5. The number of pyridine rings is 2. The summed E-state index contributed by atoms with van der Waals surface area (Å²) in [5.74, 6) is -0.150. The van der Waals surface area contributed by atoms with Crippen molar-refractivity contribution in [3.8, 4) is 39.7 Å². The zero-order valence-electron chi connectivity index (χ0n) is 23.8. The Kier molecular flexibility index (Phi) is 7.14. The standard InChI is InChI=1S/C30H35FN6O3/c1-19-15-22(20-7-8-24(23(31)16-20)37-14-9-34(5)29(37)39)27(38)26(33-19)21-17-25(28(40-6)32-18-21)35-10-12-36(13-11-35)30(2,3)4/h7-9,14-18,38H,10-13H2,1-6H3. The van der Waals surface area contributed by atoms with Crippen molar-refractivity contribution in [1.29, 1.82) is 0 Å². The molecule has 40 heavy (non-hydrogen) atoms. The molecule has 10 heteroatoms. The predicted octanol–water partition coefficient (Wildman–Crippen LogP) is 4.38. The number of ether oxygens (including phenoxy) is 1. The quantitative estimate of drug-likeness (QED) is 0.397. The third-order valence-corrected chi connectivity index (χ3v) is 7.45. The van der Waals surface area contributed by atoms with Crippen molar-refractivity contribution >= 4 is 5.69 Å². The van der Waals surface area contributed by atoms with Gasteiger partial charge < -0.3 is 19.3 Å². The first-order valence-electron chi connectivity index (χ1n) is 13.3. The van der Waals surface area contributed by atoms with Crippen LogP contribution in [0.2, 0.25) is 0 Å². The Morgan fingerprint density at radius 1 is 1.00 bits per heavy atom. The van der Waals surface area contributed by atoms with Gasteiger partial charge in [0.15, 0.2) is 0 Å². The fourth-order valence-corrected chi connectivity index (χ4v) is 5.18. The van der Waals surface area contributed by atoms with E-state index in [1.165, 1.54) is 27.5 Å². The molecule has 9 nitrogen and oxygen atoms in total. The van der Waals surface area contributed by atoms with E-state index in [1.54, 1.807) is 38.7 Å². The normalized spacial score (nSPS) is 14.5. The summed E-state index contributed by atoms with van der Waals surface area (Å²) < 4.78 is 23.4. The minimum Gasteiger partial charge on any atom is -0.505 e. The van der Waals surface area contributed by atoms with Crippen LogP contribution in [-0.2, 0) is 7.05 Å². The van der Waals surface area contributed by atoms with E-state index < -0.39 is 5.82 Å². The molecule has 0 amide bonds. The van der Waals surface area contributed by atoms with Gasteiger partial charge in [0.25, 0.3) is 0 Å². The summed E-state index contributed by atoms with van der Waals surface area (Å²) in [6, 6.07) is 8.19. The maximum Gasteiger partial charge on any atom is 0.332 e. The molecule has 1 saturated heterocycles. The molecule has 0 atom stereocenters. The van der Waals surface area contributed by atoms with Gasteiger partial charge in [-0.2, -0.15) is 0 Å². The topological polar surface area (TPSA) is 88.6 Å². The number of hydrogen-bond donors (Lipinski definition) is 1. The van der Waals surface area contributed by atoms with E-state index >= 15 is 4.39 Å². The molecule has 210 valence electrons. The Hall–Kier alpha value is -4.18. The average molecular weight is 547 g/mol. The van der Waals surface area contributed by atoms with Crippen LogP contribution in [0, 0.1) is 12.7 Å². The van der Waals surface area contributed by atoms with E-state index in [1.807, 2.05) is 13.0 Å². The minimum atomic E-state index is -0.580. The maximum atomic E-state index is 15.2. The molecule has 4 aromatic rings. The molecule has 1 aromatic carbocycles. The van der Waals surface area contributed by atoms with Crippen LogP contribution in [0.5, 0.6) is 11.6 Å². The number of nitrogens with zero attached hydrogens (tertiary/aromatic N) is 6. The molecule has 1 aliphatic rings. The summed E-state index contributed by atoms with van der Waals surface area (Å²) in [6.45, 7) is 11.9. The van der Waals surface area contributed by atoms with Crippen molar-refractivity contribution in [1.82, 2.24) is 24.0 Å². The van der Waals surface area contributed by atoms with E-state index in [0.29, 0.717) is 34.0 Å². The molecule has 0 radical (unpaired) electrons. The van der Waals surface area contributed by atoms with Gasteiger partial charge in [-0.05, 0) is 57.5 Å². The second-order valence-electron chi connectivity index (χ2n) is 11.1. The van der Waals surface area contributed by atoms with E-state index in [9.17, 15) is 9.90 Å². The molecule has 1 aliphatic heterocycles. The zero-order valence-corrected chi connectivity index (χ0v) is 23.8. The summed E-state index contributed by atoms with van der Waals surface area (Å²) in [5.41, 5.74) is 3.25. The van der Waals surface area contributed by atoms with Gasteiger partial charge in [-0.1, -0.05) is 6.07 Å². The molecule has 0 bridgehead atoms. The first-order valence-corrected chi connectivity index (χ1v) is 13.3. The summed E-state index contributed by atoms with van der Waals surface area (Å²) >= 11 is 0. The van der Waals surface area contributed by atoms with Crippen molar-refractivity contribution in [2.24, 2.45) is 7.05 Å². The smallest absolute Gasteiger partial charge is 0.332 e. The van der Waals surface area contributed by atoms with Gasteiger partial charge in [-0.25, -0.2) is 19.2 Å². The fraction of sp³-hybridized carbons (Fsp3) is 0.367. The zero-order chi connectivity index (χ0) is 28.8. The molecule has 1 N–H and O–H groups in total. The minimum absolute atomic E-state index is 0.0786. The summed E-state index contributed by atoms with van der Waals surface area (Å²) in [5, 5.41) is 11.4. The summed E-state index contributed by atoms with van der Waals surface area (Å²) in [7, 11) is 3.20. The fourth-order valence-electron chi connectivity index (χ4n) is 5.18. The van der Waals surface area contributed by atoms with Gasteiger partial charge in [0, 0.05) is 74.2 Å². The monoisotopic (exact) mass is 546 g/mol. The molecule has 4 heterocycles. The Morgan fingerprint density at radius 3 is 2.33 bits per heavy atom. The van der Waals surface area contributed by atoms with Gasteiger partial charge in [-0.15, -0.1) is 0 Å². The van der Waals surface area contributed by atoms with Gasteiger partial charge in [0.05, 0.1) is 12.8 Å². The second kappa shape index (κ2) is 10.4. The van der Waals surface area contributed by atoms with E-state index in [-0.39, 0.29) is 22.7 Å². The lowest BCUT2D eigenvalue weighted by atomic mass is 10.0. The molecule has 0 spiro atoms. The lowest BCUT2D eigenvalue weighted by molar-refractivity contribution is 0.128. The third kappa shape index (κ3) is 5.06. The highest BCUT2D eigenvalue weighted by molar-refractivity contribution is 5.81.